The molecular formula is C18H27ClN4O2. The van der Waals surface area contributed by atoms with Crippen molar-refractivity contribution in [3.63, 3.8) is 0 Å². The van der Waals surface area contributed by atoms with Crippen LogP contribution in [-0.2, 0) is 17.8 Å². The fourth-order valence-electron chi connectivity index (χ4n) is 2.35. The van der Waals surface area contributed by atoms with E-state index in [1.165, 1.54) is 0 Å². The zero-order chi connectivity index (χ0) is 17.4. The van der Waals surface area contributed by atoms with Crippen molar-refractivity contribution in [2.45, 2.75) is 45.6 Å². The highest BCUT2D eigenvalue weighted by Crippen LogP contribution is 2.12. The van der Waals surface area contributed by atoms with E-state index in [1.54, 1.807) is 0 Å². The first-order valence-corrected chi connectivity index (χ1v) is 8.44. The molecule has 0 fully saturated rings. The molecule has 6 nitrogen and oxygen atoms in total. The third-order valence-corrected chi connectivity index (χ3v) is 3.75. The number of aromatic nitrogens is 2. The first-order valence-electron chi connectivity index (χ1n) is 8.44. The van der Waals surface area contributed by atoms with Gasteiger partial charge in [0.1, 0.15) is 0 Å². The summed E-state index contributed by atoms with van der Waals surface area (Å²) in [5.74, 6) is 1.50. The Labute approximate surface area is 155 Å². The topological polar surface area (TPSA) is 85.2 Å². The molecule has 0 aliphatic carbocycles. The monoisotopic (exact) mass is 366 g/mol. The number of hydrogen-bond acceptors (Lipinski definition) is 5. The van der Waals surface area contributed by atoms with Crippen molar-refractivity contribution >= 4 is 18.3 Å². The molecule has 0 spiro atoms. The lowest BCUT2D eigenvalue weighted by molar-refractivity contribution is -0.131. The first kappa shape index (κ1) is 21.1. The van der Waals surface area contributed by atoms with Crippen LogP contribution in [0, 0.1) is 0 Å². The Balaban J connectivity index is 0.00000312. The second-order valence-electron chi connectivity index (χ2n) is 6.14. The van der Waals surface area contributed by atoms with Gasteiger partial charge in [-0.3, -0.25) is 4.79 Å². The van der Waals surface area contributed by atoms with Gasteiger partial charge in [-0.2, -0.15) is 4.98 Å². The molecule has 25 heavy (non-hydrogen) atoms. The van der Waals surface area contributed by atoms with Gasteiger partial charge in [-0.05, 0) is 18.5 Å². The quantitative estimate of drug-likeness (QED) is 0.737. The molecule has 1 amide bonds. The summed E-state index contributed by atoms with van der Waals surface area (Å²) in [6.07, 6.45) is 1.61. The van der Waals surface area contributed by atoms with Crippen molar-refractivity contribution in [2.75, 3.05) is 13.1 Å². The molecule has 1 aromatic carbocycles. The number of aryl methyl sites for hydroxylation is 1. The summed E-state index contributed by atoms with van der Waals surface area (Å²) in [6.45, 7) is 5.84. The Morgan fingerprint density at radius 1 is 1.28 bits per heavy atom. The molecule has 1 aromatic heterocycles. The highest BCUT2D eigenvalue weighted by Gasteiger charge is 2.16. The van der Waals surface area contributed by atoms with Gasteiger partial charge in [-0.15, -0.1) is 12.4 Å². The number of halogens is 1. The van der Waals surface area contributed by atoms with Crippen LogP contribution in [-0.4, -0.2) is 34.0 Å². The van der Waals surface area contributed by atoms with Gasteiger partial charge >= 0.3 is 0 Å². The zero-order valence-electron chi connectivity index (χ0n) is 14.9. The molecule has 0 radical (unpaired) electrons. The number of nitrogens with zero attached hydrogens (tertiary/aromatic N) is 3. The van der Waals surface area contributed by atoms with Crippen LogP contribution in [0.25, 0.3) is 0 Å². The fourth-order valence-corrected chi connectivity index (χ4v) is 2.35. The van der Waals surface area contributed by atoms with Crippen molar-refractivity contribution < 1.29 is 9.32 Å². The molecule has 2 rings (SSSR count). The van der Waals surface area contributed by atoms with Crippen LogP contribution < -0.4 is 5.73 Å². The molecule has 0 aliphatic heterocycles. The molecule has 2 aromatic rings. The van der Waals surface area contributed by atoms with Crippen LogP contribution in [0.15, 0.2) is 34.9 Å². The molecule has 1 heterocycles. The Bertz CT molecular complexity index is 631. The summed E-state index contributed by atoms with van der Waals surface area (Å²) < 4.78 is 5.20. The molecule has 2 N–H and O–H groups in total. The molecule has 0 atom stereocenters. The molecule has 0 saturated carbocycles. The molecule has 0 unspecified atom stereocenters. The van der Waals surface area contributed by atoms with Crippen LogP contribution in [0.2, 0.25) is 0 Å². The summed E-state index contributed by atoms with van der Waals surface area (Å²) >= 11 is 0. The number of carbonyl (C=O) groups is 1. The van der Waals surface area contributed by atoms with Crippen LogP contribution in [0.1, 0.15) is 49.9 Å². The maximum absolute atomic E-state index is 12.6. The average Bonchev–Trinajstić information content (AvgIpc) is 3.06. The average molecular weight is 367 g/mol. The Kier molecular flexibility index (Phi) is 9.16. The van der Waals surface area contributed by atoms with Gasteiger partial charge in [-0.25, -0.2) is 0 Å². The number of amides is 1. The first-order chi connectivity index (χ1) is 11.6. The SMILES string of the molecule is CC(C)c1noc(CCC(=O)N(CCCN)Cc2ccccc2)n1.Cl. The second kappa shape index (κ2) is 10.8. The molecule has 0 bridgehead atoms. The van der Waals surface area contributed by atoms with Gasteiger partial charge in [0.25, 0.3) is 0 Å². The number of rotatable bonds is 9. The maximum Gasteiger partial charge on any atom is 0.227 e. The number of hydrogen-bond donors (Lipinski definition) is 1. The van der Waals surface area contributed by atoms with E-state index in [9.17, 15) is 4.79 Å². The molecule has 138 valence electrons. The Hall–Kier alpha value is -1.92. The van der Waals surface area contributed by atoms with Crippen molar-refractivity contribution in [3.05, 3.63) is 47.6 Å². The van der Waals surface area contributed by atoms with E-state index >= 15 is 0 Å². The summed E-state index contributed by atoms with van der Waals surface area (Å²) in [7, 11) is 0. The number of nitrogens with two attached hydrogens (primary N) is 1. The molecule has 7 heteroatoms. The zero-order valence-corrected chi connectivity index (χ0v) is 15.7. The summed E-state index contributed by atoms with van der Waals surface area (Å²) in [5, 5.41) is 3.93. The normalized spacial score (nSPS) is 10.6. The standard InChI is InChI=1S/C18H26N4O2.ClH/c1-14(2)18-20-16(24-21-18)9-10-17(23)22(12-6-11-19)13-15-7-4-3-5-8-15;/h3-5,7-8,14H,6,9-13,19H2,1-2H3;1H. The highest BCUT2D eigenvalue weighted by molar-refractivity contribution is 5.85. The Morgan fingerprint density at radius 2 is 2.00 bits per heavy atom. The van der Waals surface area contributed by atoms with E-state index in [1.807, 2.05) is 49.1 Å². The van der Waals surface area contributed by atoms with Gasteiger partial charge in [0.2, 0.25) is 11.8 Å². The van der Waals surface area contributed by atoms with Gasteiger partial charge in [0.15, 0.2) is 5.82 Å². The van der Waals surface area contributed by atoms with Gasteiger partial charge in [0.05, 0.1) is 0 Å². The lowest BCUT2D eigenvalue weighted by Gasteiger charge is -2.22. The van der Waals surface area contributed by atoms with Crippen molar-refractivity contribution in [2.24, 2.45) is 5.73 Å². The van der Waals surface area contributed by atoms with E-state index in [0.717, 1.165) is 12.0 Å². The third kappa shape index (κ3) is 6.84. The lowest BCUT2D eigenvalue weighted by atomic mass is 10.2. The van der Waals surface area contributed by atoms with E-state index < -0.39 is 0 Å². The van der Waals surface area contributed by atoms with Gasteiger partial charge in [0, 0.05) is 31.8 Å². The van der Waals surface area contributed by atoms with Crippen LogP contribution in [0.4, 0.5) is 0 Å². The second-order valence-corrected chi connectivity index (χ2v) is 6.14. The van der Waals surface area contributed by atoms with Crippen LogP contribution in [0.3, 0.4) is 0 Å². The smallest absolute Gasteiger partial charge is 0.227 e. The minimum absolute atomic E-state index is 0. The van der Waals surface area contributed by atoms with Gasteiger partial charge in [-0.1, -0.05) is 49.3 Å². The van der Waals surface area contributed by atoms with Crippen LogP contribution in [0.5, 0.6) is 0 Å². The summed E-state index contributed by atoms with van der Waals surface area (Å²) in [5.41, 5.74) is 6.71. The predicted molar refractivity (Wildman–Crippen MR) is 99.5 cm³/mol. The largest absolute Gasteiger partial charge is 0.339 e. The van der Waals surface area contributed by atoms with Gasteiger partial charge < -0.3 is 15.2 Å². The maximum atomic E-state index is 12.6. The minimum Gasteiger partial charge on any atom is -0.339 e. The molecule has 0 saturated heterocycles. The van der Waals surface area contributed by atoms with Crippen LogP contribution >= 0.6 is 12.4 Å². The third-order valence-electron chi connectivity index (χ3n) is 3.75. The Morgan fingerprint density at radius 3 is 2.60 bits per heavy atom. The predicted octanol–water partition coefficient (Wildman–Crippen LogP) is 2.93. The van der Waals surface area contributed by atoms with Crippen molar-refractivity contribution in [1.82, 2.24) is 15.0 Å². The number of benzene rings is 1. The molecular weight excluding hydrogens is 340 g/mol. The lowest BCUT2D eigenvalue weighted by Crippen LogP contribution is -2.32. The summed E-state index contributed by atoms with van der Waals surface area (Å²) in [4.78, 5) is 18.7. The number of carbonyl (C=O) groups excluding carboxylic acids is 1. The van der Waals surface area contributed by atoms with Crippen molar-refractivity contribution in [3.8, 4) is 0 Å². The minimum atomic E-state index is 0. The van der Waals surface area contributed by atoms with E-state index in [4.69, 9.17) is 10.3 Å². The van der Waals surface area contributed by atoms with E-state index in [2.05, 4.69) is 10.1 Å². The highest BCUT2D eigenvalue weighted by atomic mass is 35.5. The summed E-state index contributed by atoms with van der Waals surface area (Å²) in [6, 6.07) is 9.97. The fraction of sp³-hybridized carbons (Fsp3) is 0.500. The van der Waals surface area contributed by atoms with Crippen molar-refractivity contribution in [1.29, 1.82) is 0 Å². The molecule has 0 aliphatic rings. The van der Waals surface area contributed by atoms with E-state index in [0.29, 0.717) is 44.2 Å². The van der Waals surface area contributed by atoms with E-state index in [-0.39, 0.29) is 24.2 Å².